The van der Waals surface area contributed by atoms with Crippen LogP contribution in [0.25, 0.3) is 0 Å². The van der Waals surface area contributed by atoms with Gasteiger partial charge in [-0.05, 0) is 40.8 Å². The lowest BCUT2D eigenvalue weighted by atomic mass is 10.1. The van der Waals surface area contributed by atoms with Crippen LogP contribution in [-0.2, 0) is 9.53 Å². The van der Waals surface area contributed by atoms with Crippen LogP contribution in [-0.4, -0.2) is 42.6 Å². The van der Waals surface area contributed by atoms with Gasteiger partial charge in [-0.15, -0.1) is 0 Å². The number of hydrogen-bond acceptors (Lipinski definition) is 4. The molecule has 0 aliphatic heterocycles. The first-order valence-corrected chi connectivity index (χ1v) is 6.76. The Morgan fingerprint density at radius 3 is 2.63 bits per heavy atom. The highest BCUT2D eigenvalue weighted by molar-refractivity contribution is 14.1. The van der Waals surface area contributed by atoms with E-state index in [1.54, 1.807) is 26.1 Å². The fraction of sp³-hybridized carbons (Fsp3) is 0.385. The van der Waals surface area contributed by atoms with Crippen molar-refractivity contribution in [1.82, 2.24) is 4.90 Å². The van der Waals surface area contributed by atoms with Crippen LogP contribution in [0.2, 0.25) is 0 Å². The van der Waals surface area contributed by atoms with E-state index in [0.29, 0.717) is 9.13 Å². The van der Waals surface area contributed by atoms with Gasteiger partial charge in [-0.3, -0.25) is 9.59 Å². The molecular formula is C13H16INO4. The van der Waals surface area contributed by atoms with Crippen LogP contribution in [0.4, 0.5) is 0 Å². The first-order chi connectivity index (χ1) is 8.86. The minimum Gasteiger partial charge on any atom is -0.507 e. The zero-order valence-electron chi connectivity index (χ0n) is 11.0. The van der Waals surface area contributed by atoms with Gasteiger partial charge in [0.1, 0.15) is 5.75 Å². The highest BCUT2D eigenvalue weighted by Gasteiger charge is 2.20. The normalized spacial score (nSPS) is 11.8. The van der Waals surface area contributed by atoms with E-state index in [-0.39, 0.29) is 24.2 Å². The maximum atomic E-state index is 12.1. The Labute approximate surface area is 125 Å². The Balaban J connectivity index is 2.76. The molecule has 0 saturated heterocycles. The molecule has 1 aromatic rings. The summed E-state index contributed by atoms with van der Waals surface area (Å²) in [5, 5.41) is 9.59. The average Bonchev–Trinajstić information content (AvgIpc) is 2.39. The third-order valence-electron chi connectivity index (χ3n) is 2.69. The number of amides is 1. The van der Waals surface area contributed by atoms with E-state index in [0.717, 1.165) is 0 Å². The second-order valence-corrected chi connectivity index (χ2v) is 5.44. The number of ether oxygens (including phenoxy) is 1. The number of hydrogen-bond donors (Lipinski definition) is 1. The van der Waals surface area contributed by atoms with Crippen LogP contribution in [0, 0.1) is 9.49 Å². The van der Waals surface area contributed by atoms with Gasteiger partial charge in [0.05, 0.1) is 16.6 Å². The largest absolute Gasteiger partial charge is 0.507 e. The zero-order chi connectivity index (χ0) is 14.6. The van der Waals surface area contributed by atoms with Crippen molar-refractivity contribution in [2.45, 2.75) is 6.92 Å². The molecule has 0 aromatic heterocycles. The molecule has 1 atom stereocenters. The van der Waals surface area contributed by atoms with E-state index in [1.807, 2.05) is 22.6 Å². The number of esters is 1. The second kappa shape index (κ2) is 6.74. The standard InChI is InChI=1S/C13H16INO4/c1-8(13(18)19-3)7-15(2)12(17)9-4-5-10(14)11(16)6-9/h4-6,8,16H,7H2,1-3H3. The van der Waals surface area contributed by atoms with Crippen LogP contribution in [0.5, 0.6) is 5.75 Å². The summed E-state index contributed by atoms with van der Waals surface area (Å²) in [6, 6.07) is 4.73. The highest BCUT2D eigenvalue weighted by Crippen LogP contribution is 2.21. The lowest BCUT2D eigenvalue weighted by Crippen LogP contribution is -2.34. The predicted octanol–water partition coefficient (Wildman–Crippen LogP) is 1.88. The number of phenols is 1. The maximum absolute atomic E-state index is 12.1. The van der Waals surface area contributed by atoms with E-state index in [9.17, 15) is 14.7 Å². The van der Waals surface area contributed by atoms with Crippen molar-refractivity contribution >= 4 is 34.5 Å². The molecule has 1 unspecified atom stereocenters. The molecule has 5 nitrogen and oxygen atoms in total. The molecule has 0 radical (unpaired) electrons. The molecule has 1 amide bonds. The van der Waals surface area contributed by atoms with Crippen molar-refractivity contribution in [2.75, 3.05) is 20.7 Å². The number of phenolic OH excluding ortho intramolecular Hbond substituents is 1. The molecule has 6 heteroatoms. The van der Waals surface area contributed by atoms with E-state index in [4.69, 9.17) is 0 Å². The van der Waals surface area contributed by atoms with Crippen molar-refractivity contribution in [3.05, 3.63) is 27.3 Å². The number of carbonyl (C=O) groups is 2. The fourth-order valence-corrected chi connectivity index (χ4v) is 1.97. The van der Waals surface area contributed by atoms with Gasteiger partial charge in [0.15, 0.2) is 0 Å². The molecule has 0 fully saturated rings. The molecule has 0 spiro atoms. The van der Waals surface area contributed by atoms with Crippen molar-refractivity contribution in [3.63, 3.8) is 0 Å². The van der Waals surface area contributed by atoms with Crippen molar-refractivity contribution in [1.29, 1.82) is 0 Å². The van der Waals surface area contributed by atoms with Crippen LogP contribution < -0.4 is 0 Å². The van der Waals surface area contributed by atoms with Gasteiger partial charge in [-0.1, -0.05) is 6.92 Å². The van der Waals surface area contributed by atoms with Gasteiger partial charge in [0.2, 0.25) is 0 Å². The molecule has 0 saturated carbocycles. The second-order valence-electron chi connectivity index (χ2n) is 4.28. The van der Waals surface area contributed by atoms with Crippen molar-refractivity contribution in [3.8, 4) is 5.75 Å². The lowest BCUT2D eigenvalue weighted by Gasteiger charge is -2.20. The number of benzene rings is 1. The van der Waals surface area contributed by atoms with Crippen LogP contribution in [0.1, 0.15) is 17.3 Å². The first kappa shape index (κ1) is 15.7. The van der Waals surface area contributed by atoms with Crippen LogP contribution in [0.3, 0.4) is 0 Å². The monoisotopic (exact) mass is 377 g/mol. The van der Waals surface area contributed by atoms with Gasteiger partial charge >= 0.3 is 5.97 Å². The van der Waals surface area contributed by atoms with Gasteiger partial charge in [0.25, 0.3) is 5.91 Å². The molecule has 104 valence electrons. The fourth-order valence-electron chi connectivity index (χ4n) is 1.64. The van der Waals surface area contributed by atoms with E-state index < -0.39 is 5.92 Å². The Kier molecular flexibility index (Phi) is 5.59. The summed E-state index contributed by atoms with van der Waals surface area (Å²) in [7, 11) is 2.93. The smallest absolute Gasteiger partial charge is 0.310 e. The van der Waals surface area contributed by atoms with E-state index in [2.05, 4.69) is 4.74 Å². The molecule has 19 heavy (non-hydrogen) atoms. The molecule has 1 aromatic carbocycles. The maximum Gasteiger partial charge on any atom is 0.310 e. The highest BCUT2D eigenvalue weighted by atomic mass is 127. The SMILES string of the molecule is COC(=O)C(C)CN(C)C(=O)c1ccc(I)c(O)c1. The van der Waals surface area contributed by atoms with Crippen molar-refractivity contribution in [2.24, 2.45) is 5.92 Å². The van der Waals surface area contributed by atoms with Crippen LogP contribution >= 0.6 is 22.6 Å². The molecular weight excluding hydrogens is 361 g/mol. The van der Waals surface area contributed by atoms with Gasteiger partial charge < -0.3 is 14.7 Å². The Morgan fingerprint density at radius 2 is 2.11 bits per heavy atom. The van der Waals surface area contributed by atoms with Gasteiger partial charge in [-0.2, -0.15) is 0 Å². The first-order valence-electron chi connectivity index (χ1n) is 5.68. The summed E-state index contributed by atoms with van der Waals surface area (Å²) in [6.07, 6.45) is 0. The Hall–Kier alpha value is -1.31. The number of halogens is 1. The summed E-state index contributed by atoms with van der Waals surface area (Å²) in [4.78, 5) is 24.9. The summed E-state index contributed by atoms with van der Waals surface area (Å²) < 4.78 is 5.30. The van der Waals surface area contributed by atoms with Crippen molar-refractivity contribution < 1.29 is 19.4 Å². The quantitative estimate of drug-likeness (QED) is 0.643. The third kappa shape index (κ3) is 4.09. The number of carbonyl (C=O) groups excluding carboxylic acids is 2. The number of nitrogens with zero attached hydrogens (tertiary/aromatic N) is 1. The Morgan fingerprint density at radius 1 is 1.47 bits per heavy atom. The molecule has 1 N–H and O–H groups in total. The zero-order valence-corrected chi connectivity index (χ0v) is 13.2. The molecule has 0 heterocycles. The topological polar surface area (TPSA) is 66.8 Å². The van der Waals surface area contributed by atoms with E-state index >= 15 is 0 Å². The average molecular weight is 377 g/mol. The number of rotatable bonds is 4. The molecule has 0 aliphatic carbocycles. The summed E-state index contributed by atoms with van der Waals surface area (Å²) in [5.74, 6) is -0.926. The minimum atomic E-state index is -0.392. The Bertz CT molecular complexity index is 490. The summed E-state index contributed by atoms with van der Waals surface area (Å²) in [5.41, 5.74) is 0.387. The summed E-state index contributed by atoms with van der Waals surface area (Å²) in [6.45, 7) is 1.96. The predicted molar refractivity (Wildman–Crippen MR) is 79.0 cm³/mol. The minimum absolute atomic E-state index is 0.0702. The van der Waals surface area contributed by atoms with Gasteiger partial charge in [0, 0.05) is 19.2 Å². The summed E-state index contributed by atoms with van der Waals surface area (Å²) >= 11 is 1.98. The number of methoxy groups -OCH3 is 1. The van der Waals surface area contributed by atoms with E-state index in [1.165, 1.54) is 18.1 Å². The lowest BCUT2D eigenvalue weighted by molar-refractivity contribution is -0.145. The number of aromatic hydroxyl groups is 1. The van der Waals surface area contributed by atoms with Gasteiger partial charge in [-0.25, -0.2) is 0 Å². The third-order valence-corrected chi connectivity index (χ3v) is 3.60. The molecule has 0 bridgehead atoms. The molecule has 1 rings (SSSR count). The molecule has 0 aliphatic rings. The van der Waals surface area contributed by atoms with Crippen LogP contribution in [0.15, 0.2) is 18.2 Å².